The van der Waals surface area contributed by atoms with Gasteiger partial charge in [-0.15, -0.1) is 0 Å². The molecule has 0 aliphatic heterocycles. The van der Waals surface area contributed by atoms with Gasteiger partial charge in [-0.25, -0.2) is 17.9 Å². The molecule has 0 aliphatic carbocycles. The first-order valence-electron chi connectivity index (χ1n) is 12.6. The van der Waals surface area contributed by atoms with Crippen molar-refractivity contribution in [2.75, 3.05) is 16.2 Å². The molecule has 0 saturated heterocycles. The standard InChI is InChI=1S/C29H30N4O6S/c1-5-32(23-14-8-6-9-15-23)40(37,38)25-18-12-13-22(19-25)29(36)39-21(3)27(34)30-26-20(2)31(4)33(28(26)35)24-16-10-7-11-17-24/h6-19,21H,5H2,1-4H3,(H,30,34). The van der Waals surface area contributed by atoms with Crippen LogP contribution in [-0.2, 0) is 26.6 Å². The second kappa shape index (κ2) is 11.6. The maximum Gasteiger partial charge on any atom is 0.338 e. The predicted octanol–water partition coefficient (Wildman–Crippen LogP) is 3.88. The first-order valence-corrected chi connectivity index (χ1v) is 14.0. The summed E-state index contributed by atoms with van der Waals surface area (Å²) in [4.78, 5) is 38.8. The van der Waals surface area contributed by atoms with Crippen LogP contribution in [0, 0.1) is 6.92 Å². The third kappa shape index (κ3) is 5.55. The maximum atomic E-state index is 13.3. The molecular formula is C29H30N4O6S. The van der Waals surface area contributed by atoms with E-state index in [2.05, 4.69) is 5.32 Å². The van der Waals surface area contributed by atoms with Crippen molar-refractivity contribution in [2.45, 2.75) is 31.8 Å². The molecular weight excluding hydrogens is 532 g/mol. The number of amides is 1. The molecule has 10 nitrogen and oxygen atoms in total. The van der Waals surface area contributed by atoms with Crippen LogP contribution < -0.4 is 15.2 Å². The van der Waals surface area contributed by atoms with Gasteiger partial charge in [0.25, 0.3) is 21.5 Å². The molecule has 1 aromatic heterocycles. The molecule has 1 atom stereocenters. The van der Waals surface area contributed by atoms with Gasteiger partial charge in [-0.1, -0.05) is 42.5 Å². The Hall–Kier alpha value is -4.64. The van der Waals surface area contributed by atoms with E-state index in [0.29, 0.717) is 17.1 Å². The quantitative estimate of drug-likeness (QED) is 0.309. The number of hydrogen-bond acceptors (Lipinski definition) is 6. The molecule has 4 rings (SSSR count). The lowest BCUT2D eigenvalue weighted by Crippen LogP contribution is -2.32. The Bertz CT molecular complexity index is 1700. The molecule has 11 heteroatoms. The van der Waals surface area contributed by atoms with E-state index in [1.165, 1.54) is 40.2 Å². The van der Waals surface area contributed by atoms with Gasteiger partial charge in [0.2, 0.25) is 0 Å². The Morgan fingerprint density at radius 1 is 0.975 bits per heavy atom. The third-order valence-corrected chi connectivity index (χ3v) is 8.34. The number of nitrogens with zero attached hydrogens (tertiary/aromatic N) is 3. The minimum absolute atomic E-state index is 0.0350. The molecule has 1 heterocycles. The highest BCUT2D eigenvalue weighted by atomic mass is 32.2. The number of sulfonamides is 1. The number of nitrogens with one attached hydrogen (secondary N) is 1. The van der Waals surface area contributed by atoms with Gasteiger partial charge in [0.1, 0.15) is 5.69 Å². The number of anilines is 2. The summed E-state index contributed by atoms with van der Waals surface area (Å²) in [7, 11) is -2.28. The maximum absolute atomic E-state index is 13.3. The zero-order valence-corrected chi connectivity index (χ0v) is 23.4. The average Bonchev–Trinajstić information content (AvgIpc) is 3.17. The summed E-state index contributed by atoms with van der Waals surface area (Å²) in [6, 6.07) is 23.0. The van der Waals surface area contributed by atoms with Crippen molar-refractivity contribution in [2.24, 2.45) is 7.05 Å². The fraction of sp³-hybridized carbons (Fsp3) is 0.207. The molecule has 1 amide bonds. The minimum atomic E-state index is -3.97. The smallest absolute Gasteiger partial charge is 0.338 e. The fourth-order valence-corrected chi connectivity index (χ4v) is 5.74. The minimum Gasteiger partial charge on any atom is -0.449 e. The van der Waals surface area contributed by atoms with Gasteiger partial charge in [-0.05, 0) is 63.2 Å². The summed E-state index contributed by atoms with van der Waals surface area (Å²) in [5.41, 5.74) is 1.22. The first-order chi connectivity index (χ1) is 19.1. The van der Waals surface area contributed by atoms with Gasteiger partial charge >= 0.3 is 5.97 Å². The van der Waals surface area contributed by atoms with Crippen LogP contribution in [-0.4, -0.2) is 42.3 Å². The SMILES string of the molecule is CCN(c1ccccc1)S(=O)(=O)c1cccc(C(=O)OC(C)C(=O)Nc2c(C)n(C)n(-c3ccccc3)c2=O)c1. The van der Waals surface area contributed by atoms with Crippen molar-refractivity contribution >= 4 is 33.3 Å². The monoisotopic (exact) mass is 562 g/mol. The van der Waals surface area contributed by atoms with Crippen LogP contribution in [0.25, 0.3) is 5.69 Å². The van der Waals surface area contributed by atoms with Gasteiger partial charge in [-0.3, -0.25) is 18.6 Å². The summed E-state index contributed by atoms with van der Waals surface area (Å²) >= 11 is 0. The van der Waals surface area contributed by atoms with Crippen molar-refractivity contribution in [1.29, 1.82) is 0 Å². The number of rotatable bonds is 9. The Morgan fingerprint density at radius 3 is 2.23 bits per heavy atom. The largest absolute Gasteiger partial charge is 0.449 e. The highest BCUT2D eigenvalue weighted by molar-refractivity contribution is 7.92. The van der Waals surface area contributed by atoms with Crippen molar-refractivity contribution in [3.8, 4) is 5.69 Å². The van der Waals surface area contributed by atoms with Crippen molar-refractivity contribution in [3.05, 3.63) is 107 Å². The number of ether oxygens (including phenoxy) is 1. The van der Waals surface area contributed by atoms with E-state index < -0.39 is 33.6 Å². The molecule has 1 unspecified atom stereocenters. The van der Waals surface area contributed by atoms with Crippen LogP contribution in [0.1, 0.15) is 29.9 Å². The first kappa shape index (κ1) is 28.4. The average molecular weight is 563 g/mol. The lowest BCUT2D eigenvalue weighted by Gasteiger charge is -2.23. The molecule has 0 fully saturated rings. The summed E-state index contributed by atoms with van der Waals surface area (Å²) < 4.78 is 36.3. The highest BCUT2D eigenvalue weighted by Gasteiger charge is 2.27. The van der Waals surface area contributed by atoms with E-state index in [4.69, 9.17) is 4.74 Å². The van der Waals surface area contributed by atoms with E-state index in [-0.39, 0.29) is 22.7 Å². The van der Waals surface area contributed by atoms with Gasteiger partial charge < -0.3 is 10.1 Å². The number of carbonyl (C=O) groups is 2. The van der Waals surface area contributed by atoms with E-state index in [9.17, 15) is 22.8 Å². The number of para-hydroxylation sites is 2. The number of aromatic nitrogens is 2. The number of benzene rings is 3. The number of carbonyl (C=O) groups excluding carboxylic acids is 2. The Balaban J connectivity index is 1.51. The van der Waals surface area contributed by atoms with Gasteiger partial charge in [0.15, 0.2) is 6.10 Å². The van der Waals surface area contributed by atoms with Crippen LogP contribution in [0.4, 0.5) is 11.4 Å². The molecule has 40 heavy (non-hydrogen) atoms. The molecule has 3 aromatic carbocycles. The lowest BCUT2D eigenvalue weighted by molar-refractivity contribution is -0.123. The van der Waals surface area contributed by atoms with Crippen LogP contribution in [0.15, 0.2) is 94.6 Å². The zero-order chi connectivity index (χ0) is 29.0. The van der Waals surface area contributed by atoms with Gasteiger partial charge in [0.05, 0.1) is 27.5 Å². The summed E-state index contributed by atoms with van der Waals surface area (Å²) in [6.07, 6.45) is -1.27. The predicted molar refractivity (Wildman–Crippen MR) is 152 cm³/mol. The molecule has 208 valence electrons. The Morgan fingerprint density at radius 2 is 1.60 bits per heavy atom. The van der Waals surface area contributed by atoms with E-state index in [0.717, 1.165) is 0 Å². The van der Waals surface area contributed by atoms with E-state index in [1.807, 2.05) is 6.07 Å². The Labute approximate surface area is 232 Å². The van der Waals surface area contributed by atoms with Crippen LogP contribution >= 0.6 is 0 Å². The second-order valence-electron chi connectivity index (χ2n) is 9.01. The normalized spacial score (nSPS) is 12.0. The number of hydrogen-bond donors (Lipinski definition) is 1. The molecule has 0 radical (unpaired) electrons. The van der Waals surface area contributed by atoms with Crippen molar-refractivity contribution in [3.63, 3.8) is 0 Å². The van der Waals surface area contributed by atoms with Crippen LogP contribution in [0.5, 0.6) is 0 Å². The van der Waals surface area contributed by atoms with Gasteiger partial charge in [-0.2, -0.15) is 0 Å². The van der Waals surface area contributed by atoms with E-state index >= 15 is 0 Å². The highest BCUT2D eigenvalue weighted by Crippen LogP contribution is 2.24. The van der Waals surface area contributed by atoms with Gasteiger partial charge in [0, 0.05) is 13.6 Å². The molecule has 1 N–H and O–H groups in total. The number of esters is 1. The topological polar surface area (TPSA) is 120 Å². The second-order valence-corrected chi connectivity index (χ2v) is 10.9. The fourth-order valence-electron chi connectivity index (χ4n) is 4.22. The zero-order valence-electron chi connectivity index (χ0n) is 22.6. The molecule has 0 bridgehead atoms. The van der Waals surface area contributed by atoms with Crippen molar-refractivity contribution in [1.82, 2.24) is 9.36 Å². The molecule has 0 aliphatic rings. The third-order valence-electron chi connectivity index (χ3n) is 6.44. The van der Waals surface area contributed by atoms with E-state index in [1.54, 1.807) is 80.2 Å². The molecule has 0 saturated carbocycles. The Kier molecular flexibility index (Phi) is 8.24. The summed E-state index contributed by atoms with van der Waals surface area (Å²) in [6.45, 7) is 4.96. The summed E-state index contributed by atoms with van der Waals surface area (Å²) in [5.74, 6) is -1.58. The van der Waals surface area contributed by atoms with Crippen LogP contribution in [0.3, 0.4) is 0 Å². The van der Waals surface area contributed by atoms with Crippen LogP contribution in [0.2, 0.25) is 0 Å². The molecule has 0 spiro atoms. The summed E-state index contributed by atoms with van der Waals surface area (Å²) in [5, 5.41) is 2.57. The van der Waals surface area contributed by atoms with Crippen molar-refractivity contribution < 1.29 is 22.7 Å². The lowest BCUT2D eigenvalue weighted by atomic mass is 10.2. The molecule has 4 aromatic rings.